The van der Waals surface area contributed by atoms with Crippen LogP contribution in [0.5, 0.6) is 0 Å². The number of unbranched alkanes of at least 4 members (excludes halogenated alkanes) is 1. The van der Waals surface area contributed by atoms with E-state index in [0.717, 1.165) is 6.42 Å². The Bertz CT molecular complexity index is 314. The first-order chi connectivity index (χ1) is 5.67. The first-order valence-electron chi connectivity index (χ1n) is 3.79. The van der Waals surface area contributed by atoms with Crippen LogP contribution >= 0.6 is 0 Å². The summed E-state index contributed by atoms with van der Waals surface area (Å²) in [6.07, 6.45) is 4.09. The van der Waals surface area contributed by atoms with Gasteiger partial charge in [0.15, 0.2) is 0 Å². The summed E-state index contributed by atoms with van der Waals surface area (Å²) in [4.78, 5) is 3.59. The van der Waals surface area contributed by atoms with Crippen LogP contribution in [0.4, 0.5) is 0 Å². The molecule has 0 fully saturated rings. The lowest BCUT2D eigenvalue weighted by molar-refractivity contribution is 0.429. The molecule has 1 aromatic heterocycles. The van der Waals surface area contributed by atoms with Gasteiger partial charge in [-0.15, -0.1) is 0 Å². The number of oxazole rings is 1. The van der Waals surface area contributed by atoms with Crippen LogP contribution in [0, 0.1) is 0 Å². The largest absolute Gasteiger partial charge is 0.437 e. The van der Waals surface area contributed by atoms with E-state index in [4.69, 9.17) is 4.42 Å². The smallest absolute Gasteiger partial charge is 0.314 e. The third kappa shape index (κ3) is 2.07. The maximum atomic E-state index is 11.3. The molecule has 0 aliphatic carbocycles. The van der Waals surface area contributed by atoms with Gasteiger partial charge in [0, 0.05) is 0 Å². The molecule has 0 amide bonds. The topological polar surface area (TPSA) is 60.2 Å². The fourth-order valence-corrected chi connectivity index (χ4v) is 2.05. The minimum atomic E-state index is -3.26. The molecule has 68 valence electrons. The van der Waals surface area contributed by atoms with Gasteiger partial charge in [-0.2, -0.15) is 0 Å². The minimum Gasteiger partial charge on any atom is -0.437 e. The molecular weight excluding hydrogens is 178 g/mol. The van der Waals surface area contributed by atoms with Gasteiger partial charge in [0.05, 0.1) is 11.9 Å². The molecular formula is C7H11NO3S. The lowest BCUT2D eigenvalue weighted by Crippen LogP contribution is -2.06. The van der Waals surface area contributed by atoms with Gasteiger partial charge in [-0.1, -0.05) is 13.3 Å². The van der Waals surface area contributed by atoms with Crippen LogP contribution in [0.25, 0.3) is 0 Å². The highest BCUT2D eigenvalue weighted by Crippen LogP contribution is 2.08. The van der Waals surface area contributed by atoms with E-state index < -0.39 is 9.84 Å². The monoisotopic (exact) mass is 189 g/mol. The summed E-state index contributed by atoms with van der Waals surface area (Å²) in [6, 6.07) is 0. The number of hydrogen-bond acceptors (Lipinski definition) is 4. The lowest BCUT2D eigenvalue weighted by Gasteiger charge is -1.96. The molecule has 1 rings (SSSR count). The maximum absolute atomic E-state index is 11.3. The van der Waals surface area contributed by atoms with Gasteiger partial charge >= 0.3 is 5.22 Å². The van der Waals surface area contributed by atoms with Crippen molar-refractivity contribution in [3.05, 3.63) is 12.5 Å². The van der Waals surface area contributed by atoms with Crippen molar-refractivity contribution in [3.8, 4) is 0 Å². The molecule has 0 spiro atoms. The SMILES string of the molecule is CCCCS(=O)(=O)c1ncco1. The minimum absolute atomic E-state index is 0.115. The average molecular weight is 189 g/mol. The summed E-state index contributed by atoms with van der Waals surface area (Å²) in [5, 5.41) is -0.170. The molecule has 0 aliphatic heterocycles. The molecule has 1 heterocycles. The summed E-state index contributed by atoms with van der Waals surface area (Å²) in [5.41, 5.74) is 0. The Hall–Kier alpha value is -0.840. The molecule has 0 bridgehead atoms. The summed E-state index contributed by atoms with van der Waals surface area (Å²) < 4.78 is 27.3. The van der Waals surface area contributed by atoms with Crippen molar-refractivity contribution in [1.29, 1.82) is 0 Å². The van der Waals surface area contributed by atoms with Gasteiger partial charge in [0.1, 0.15) is 6.26 Å². The Morgan fingerprint density at radius 2 is 2.33 bits per heavy atom. The molecule has 0 aliphatic rings. The van der Waals surface area contributed by atoms with E-state index in [-0.39, 0.29) is 11.0 Å². The molecule has 4 nitrogen and oxygen atoms in total. The molecule has 0 N–H and O–H groups in total. The lowest BCUT2D eigenvalue weighted by atomic mass is 10.4. The van der Waals surface area contributed by atoms with E-state index in [1.165, 1.54) is 12.5 Å². The Labute approximate surface area is 71.5 Å². The van der Waals surface area contributed by atoms with Crippen LogP contribution in [0.2, 0.25) is 0 Å². The van der Waals surface area contributed by atoms with Gasteiger partial charge in [-0.3, -0.25) is 0 Å². The summed E-state index contributed by atoms with van der Waals surface area (Å²) in [7, 11) is -3.26. The number of aromatic nitrogens is 1. The van der Waals surface area contributed by atoms with Crippen molar-refractivity contribution in [1.82, 2.24) is 4.98 Å². The van der Waals surface area contributed by atoms with Gasteiger partial charge in [-0.05, 0) is 6.42 Å². The van der Waals surface area contributed by atoms with Crippen LogP contribution < -0.4 is 0 Å². The second kappa shape index (κ2) is 3.71. The predicted molar refractivity (Wildman–Crippen MR) is 43.5 cm³/mol. The zero-order valence-electron chi connectivity index (χ0n) is 6.86. The second-order valence-electron chi connectivity index (χ2n) is 2.47. The zero-order valence-corrected chi connectivity index (χ0v) is 7.67. The van der Waals surface area contributed by atoms with Crippen LogP contribution in [0.1, 0.15) is 19.8 Å². The van der Waals surface area contributed by atoms with Gasteiger partial charge in [0.2, 0.25) is 9.84 Å². The van der Waals surface area contributed by atoms with Gasteiger partial charge in [0.25, 0.3) is 0 Å². The number of nitrogens with zero attached hydrogens (tertiary/aromatic N) is 1. The summed E-state index contributed by atoms with van der Waals surface area (Å²) in [6.45, 7) is 1.94. The molecule has 0 aromatic carbocycles. The second-order valence-corrected chi connectivity index (χ2v) is 4.46. The Morgan fingerprint density at radius 3 is 2.83 bits per heavy atom. The van der Waals surface area contributed by atoms with Crippen LogP contribution in [-0.4, -0.2) is 19.2 Å². The summed E-state index contributed by atoms with van der Waals surface area (Å²) >= 11 is 0. The molecule has 0 saturated carbocycles. The quantitative estimate of drug-likeness (QED) is 0.715. The van der Waals surface area contributed by atoms with E-state index in [0.29, 0.717) is 6.42 Å². The number of sulfone groups is 1. The van der Waals surface area contributed by atoms with Crippen molar-refractivity contribution in [2.24, 2.45) is 0 Å². The van der Waals surface area contributed by atoms with Crippen molar-refractivity contribution in [3.63, 3.8) is 0 Å². The standard InChI is InChI=1S/C7H11NO3S/c1-2-3-6-12(9,10)7-8-4-5-11-7/h4-5H,2-3,6H2,1H3. The first kappa shape index (κ1) is 9.25. The van der Waals surface area contributed by atoms with Crippen LogP contribution in [-0.2, 0) is 9.84 Å². The van der Waals surface area contributed by atoms with Crippen LogP contribution in [0.3, 0.4) is 0 Å². The predicted octanol–water partition coefficient (Wildman–Crippen LogP) is 1.25. The average Bonchev–Trinajstić information content (AvgIpc) is 2.53. The van der Waals surface area contributed by atoms with Gasteiger partial charge in [-0.25, -0.2) is 13.4 Å². The highest BCUT2D eigenvalue weighted by molar-refractivity contribution is 7.91. The van der Waals surface area contributed by atoms with Crippen molar-refractivity contribution in [2.75, 3.05) is 5.75 Å². The highest BCUT2D eigenvalue weighted by atomic mass is 32.2. The molecule has 12 heavy (non-hydrogen) atoms. The highest BCUT2D eigenvalue weighted by Gasteiger charge is 2.17. The van der Waals surface area contributed by atoms with E-state index in [1.54, 1.807) is 0 Å². The number of rotatable bonds is 4. The molecule has 0 saturated heterocycles. The third-order valence-electron chi connectivity index (χ3n) is 1.44. The first-order valence-corrected chi connectivity index (χ1v) is 5.44. The number of hydrogen-bond donors (Lipinski definition) is 0. The normalized spacial score (nSPS) is 11.8. The summed E-state index contributed by atoms with van der Waals surface area (Å²) in [5.74, 6) is 0.115. The Balaban J connectivity index is 2.74. The van der Waals surface area contributed by atoms with Gasteiger partial charge < -0.3 is 4.42 Å². The molecule has 0 unspecified atom stereocenters. The fraction of sp³-hybridized carbons (Fsp3) is 0.571. The third-order valence-corrected chi connectivity index (χ3v) is 3.00. The van der Waals surface area contributed by atoms with Crippen molar-refractivity contribution < 1.29 is 12.8 Å². The fourth-order valence-electron chi connectivity index (χ4n) is 0.786. The molecule has 1 aromatic rings. The molecule has 5 heteroatoms. The molecule has 0 atom stereocenters. The Morgan fingerprint density at radius 1 is 1.58 bits per heavy atom. The van der Waals surface area contributed by atoms with E-state index in [1.807, 2.05) is 6.92 Å². The van der Waals surface area contributed by atoms with Crippen LogP contribution in [0.15, 0.2) is 22.1 Å². The Kier molecular flexibility index (Phi) is 2.86. The van der Waals surface area contributed by atoms with E-state index >= 15 is 0 Å². The van der Waals surface area contributed by atoms with Crippen molar-refractivity contribution >= 4 is 9.84 Å². The maximum Gasteiger partial charge on any atom is 0.314 e. The van der Waals surface area contributed by atoms with E-state index in [2.05, 4.69) is 4.98 Å². The van der Waals surface area contributed by atoms with Crippen molar-refractivity contribution in [2.45, 2.75) is 25.0 Å². The van der Waals surface area contributed by atoms with E-state index in [9.17, 15) is 8.42 Å². The molecule has 0 radical (unpaired) electrons. The zero-order chi connectivity index (χ0) is 9.03.